The minimum absolute atomic E-state index is 0.0400. The van der Waals surface area contributed by atoms with Gasteiger partial charge in [-0.15, -0.1) is 0 Å². The molecule has 2 unspecified atom stereocenters. The van der Waals surface area contributed by atoms with Gasteiger partial charge in [-0.25, -0.2) is 0 Å². The molecular formula is C29H37N3O7. The number of likely N-dealkylation sites (N-methyl/N-ethyl adjacent to an activating group) is 1. The molecule has 10 nitrogen and oxygen atoms in total. The zero-order valence-electron chi connectivity index (χ0n) is 22.6. The van der Waals surface area contributed by atoms with Gasteiger partial charge in [0.2, 0.25) is 5.91 Å². The number of primary amides is 1. The molecule has 6 atom stereocenters. The van der Waals surface area contributed by atoms with Crippen LogP contribution in [-0.2, 0) is 32.1 Å². The number of carbonyl (C=O) groups excluding carboxylic acids is 5. The molecule has 4 aliphatic rings. The van der Waals surface area contributed by atoms with Crippen molar-refractivity contribution in [1.29, 1.82) is 0 Å². The number of nitrogens with two attached hydrogens (primary N) is 1. The Hall–Kier alpha value is -2.95. The summed E-state index contributed by atoms with van der Waals surface area (Å²) in [5, 5.41) is 25.9. The van der Waals surface area contributed by atoms with E-state index in [1.807, 2.05) is 0 Å². The van der Waals surface area contributed by atoms with Crippen LogP contribution in [0.1, 0.15) is 60.5 Å². The highest BCUT2D eigenvalue weighted by Gasteiger charge is 2.69. The van der Waals surface area contributed by atoms with Crippen molar-refractivity contribution < 1.29 is 34.2 Å². The van der Waals surface area contributed by atoms with E-state index < -0.39 is 64.4 Å². The van der Waals surface area contributed by atoms with E-state index in [1.54, 1.807) is 20.2 Å². The van der Waals surface area contributed by atoms with Gasteiger partial charge in [0.1, 0.15) is 5.75 Å². The van der Waals surface area contributed by atoms with Crippen LogP contribution < -0.4 is 11.1 Å². The lowest BCUT2D eigenvalue weighted by molar-refractivity contribution is -0.181. The average Bonchev–Trinajstić information content (AvgIpc) is 2.86. The van der Waals surface area contributed by atoms with Crippen LogP contribution in [0.5, 0.6) is 5.75 Å². The molecule has 0 bridgehead atoms. The molecular weight excluding hydrogens is 502 g/mol. The van der Waals surface area contributed by atoms with Crippen molar-refractivity contribution in [2.45, 2.75) is 69.7 Å². The molecule has 3 saturated carbocycles. The maximum Gasteiger partial charge on any atom is 0.235 e. The number of carbonyl (C=O) groups is 5. The van der Waals surface area contributed by atoms with Crippen molar-refractivity contribution >= 4 is 29.0 Å². The molecule has 1 amide bonds. The molecule has 10 heteroatoms. The Bertz CT molecular complexity index is 1250. The molecule has 1 aromatic carbocycles. The van der Waals surface area contributed by atoms with Crippen molar-refractivity contribution in [3.8, 4) is 5.75 Å². The van der Waals surface area contributed by atoms with Crippen LogP contribution in [0, 0.1) is 29.6 Å². The third-order valence-electron chi connectivity index (χ3n) is 9.64. The minimum atomic E-state index is -2.70. The number of hydrogen-bond acceptors (Lipinski definition) is 9. The third-order valence-corrected chi connectivity index (χ3v) is 9.64. The van der Waals surface area contributed by atoms with E-state index in [9.17, 15) is 34.2 Å². The Morgan fingerprint density at radius 2 is 1.77 bits per heavy atom. The zero-order valence-corrected chi connectivity index (χ0v) is 22.6. The number of nitrogens with one attached hydrogen (secondary N) is 1. The topological polar surface area (TPSA) is 167 Å². The summed E-state index contributed by atoms with van der Waals surface area (Å²) < 4.78 is 0. The second kappa shape index (κ2) is 9.91. The van der Waals surface area contributed by atoms with Crippen LogP contribution in [0.4, 0.5) is 0 Å². The fourth-order valence-corrected chi connectivity index (χ4v) is 7.55. The summed E-state index contributed by atoms with van der Waals surface area (Å²) in [6.45, 7) is 2.76. The number of Topliss-reactive ketones (excluding diaryl/α,β-unsaturated/α-hetero) is 4. The van der Waals surface area contributed by atoms with Crippen LogP contribution in [0.15, 0.2) is 12.1 Å². The number of amides is 1. The lowest BCUT2D eigenvalue weighted by atomic mass is 9.52. The summed E-state index contributed by atoms with van der Waals surface area (Å²) in [5.41, 5.74) is 4.20. The Labute approximate surface area is 227 Å². The SMILES string of the molecule is CC1CCC(NCc2ccc(O)c3c2C[C@H]2C[C@H]4[C@H](N(C)C)C(=O)C(C(N)=O)C(=O)[C@@]4(O)C(=O)C2C3=O)CC1. The molecule has 3 fully saturated rings. The molecule has 39 heavy (non-hydrogen) atoms. The fraction of sp³-hybridized carbons (Fsp3) is 0.621. The summed E-state index contributed by atoms with van der Waals surface area (Å²) in [5.74, 6) is -9.50. The summed E-state index contributed by atoms with van der Waals surface area (Å²) >= 11 is 0. The number of rotatable bonds is 5. The largest absolute Gasteiger partial charge is 0.507 e. The monoisotopic (exact) mass is 539 g/mol. The maximum absolute atomic E-state index is 13.9. The highest BCUT2D eigenvalue weighted by Crippen LogP contribution is 2.51. The molecule has 5 rings (SSSR count). The third kappa shape index (κ3) is 4.24. The standard InChI is InChI=1S/C29H37N3O7/c1-13-4-7-16(8-5-13)31-12-14-6-9-19(33)21-17(14)10-15-11-18-23(32(2)3)25(35)22(28(30)38)27(37)29(18,39)26(36)20(15)24(21)34/h6,9,13,15-16,18,20,22-23,31,33,39H,4-5,7-8,10-12H2,1-3H3,(H2,30,38)/t13?,15-,16?,18-,20?,22?,23-,29-/m0/s1. The van der Waals surface area contributed by atoms with E-state index in [-0.39, 0.29) is 24.2 Å². The van der Waals surface area contributed by atoms with Crippen LogP contribution in [0.25, 0.3) is 0 Å². The Balaban J connectivity index is 1.51. The Morgan fingerprint density at radius 3 is 2.38 bits per heavy atom. The first-order chi connectivity index (χ1) is 18.4. The van der Waals surface area contributed by atoms with Gasteiger partial charge in [0, 0.05) is 18.5 Å². The van der Waals surface area contributed by atoms with Gasteiger partial charge >= 0.3 is 0 Å². The minimum Gasteiger partial charge on any atom is -0.507 e. The number of aromatic hydroxyl groups is 1. The van der Waals surface area contributed by atoms with E-state index in [0.29, 0.717) is 24.1 Å². The first kappa shape index (κ1) is 27.6. The average molecular weight is 540 g/mol. The van der Waals surface area contributed by atoms with Crippen LogP contribution in [0.3, 0.4) is 0 Å². The first-order valence-electron chi connectivity index (χ1n) is 13.8. The number of hydrogen-bond donors (Lipinski definition) is 4. The molecule has 0 aromatic heterocycles. The number of fused-ring (bicyclic) bond motifs is 3. The molecule has 0 radical (unpaired) electrons. The van der Waals surface area contributed by atoms with Gasteiger partial charge < -0.3 is 21.3 Å². The van der Waals surface area contributed by atoms with E-state index >= 15 is 0 Å². The maximum atomic E-state index is 13.9. The van der Waals surface area contributed by atoms with Crippen molar-refractivity contribution in [2.75, 3.05) is 14.1 Å². The second-order valence-corrected chi connectivity index (χ2v) is 12.2. The summed E-state index contributed by atoms with van der Waals surface area (Å²) in [4.78, 5) is 67.8. The second-order valence-electron chi connectivity index (χ2n) is 12.2. The fourth-order valence-electron chi connectivity index (χ4n) is 7.55. The van der Waals surface area contributed by atoms with Crippen molar-refractivity contribution in [1.82, 2.24) is 10.2 Å². The van der Waals surface area contributed by atoms with Gasteiger partial charge in [-0.3, -0.25) is 28.9 Å². The molecule has 5 N–H and O–H groups in total. The first-order valence-corrected chi connectivity index (χ1v) is 13.8. The smallest absolute Gasteiger partial charge is 0.235 e. The summed E-state index contributed by atoms with van der Waals surface area (Å²) in [7, 11) is 3.14. The molecule has 0 aliphatic heterocycles. The number of ketones is 4. The molecule has 0 spiro atoms. The van der Waals surface area contributed by atoms with Gasteiger partial charge in [-0.1, -0.05) is 13.0 Å². The van der Waals surface area contributed by atoms with Crippen LogP contribution in [-0.4, -0.2) is 75.9 Å². The van der Waals surface area contributed by atoms with Gasteiger partial charge in [-0.05, 0) is 81.6 Å². The van der Waals surface area contributed by atoms with Crippen molar-refractivity contribution in [3.63, 3.8) is 0 Å². The predicted octanol–water partition coefficient (Wildman–Crippen LogP) is 0.535. The number of aliphatic hydroxyl groups is 1. The van der Waals surface area contributed by atoms with E-state index in [4.69, 9.17) is 5.73 Å². The Morgan fingerprint density at radius 1 is 1.10 bits per heavy atom. The number of nitrogens with zero attached hydrogens (tertiary/aromatic N) is 1. The van der Waals surface area contributed by atoms with Gasteiger partial charge in [0.15, 0.2) is 34.7 Å². The zero-order chi connectivity index (χ0) is 28.4. The Kier molecular flexibility index (Phi) is 7.01. The summed E-state index contributed by atoms with van der Waals surface area (Å²) in [6.07, 6.45) is 4.77. The molecule has 210 valence electrons. The molecule has 0 heterocycles. The predicted molar refractivity (Wildman–Crippen MR) is 140 cm³/mol. The number of phenolic OH excluding ortho intramolecular Hbond substituents is 1. The summed E-state index contributed by atoms with van der Waals surface area (Å²) in [6, 6.07) is 2.49. The highest BCUT2D eigenvalue weighted by molar-refractivity contribution is 6.32. The van der Waals surface area contributed by atoms with E-state index in [0.717, 1.165) is 31.2 Å². The van der Waals surface area contributed by atoms with Gasteiger partial charge in [0.25, 0.3) is 0 Å². The van der Waals surface area contributed by atoms with Crippen LogP contribution >= 0.6 is 0 Å². The van der Waals surface area contributed by atoms with Gasteiger partial charge in [0.05, 0.1) is 17.5 Å². The molecule has 0 saturated heterocycles. The highest BCUT2D eigenvalue weighted by atomic mass is 16.3. The normalized spacial score (nSPS) is 36.4. The molecule has 4 aliphatic carbocycles. The molecule has 1 aromatic rings. The van der Waals surface area contributed by atoms with Crippen LogP contribution in [0.2, 0.25) is 0 Å². The quantitative estimate of drug-likeness (QED) is 0.390. The van der Waals surface area contributed by atoms with E-state index in [1.165, 1.54) is 11.0 Å². The number of benzene rings is 1. The van der Waals surface area contributed by atoms with E-state index in [2.05, 4.69) is 12.2 Å². The number of phenols is 1. The van der Waals surface area contributed by atoms with Gasteiger partial charge in [-0.2, -0.15) is 0 Å². The van der Waals surface area contributed by atoms with Crippen molar-refractivity contribution in [2.24, 2.45) is 35.3 Å². The van der Waals surface area contributed by atoms with Crippen molar-refractivity contribution in [3.05, 3.63) is 28.8 Å². The lowest BCUT2D eigenvalue weighted by Crippen LogP contribution is -2.74. The lowest BCUT2D eigenvalue weighted by Gasteiger charge is -2.52.